The van der Waals surface area contributed by atoms with Gasteiger partial charge in [0.2, 0.25) is 5.91 Å². The maximum absolute atomic E-state index is 13.5. The molecule has 164 valence electrons. The number of hydrogen-bond acceptors (Lipinski definition) is 4. The van der Waals surface area contributed by atoms with Crippen LogP contribution in [-0.2, 0) is 11.2 Å². The Morgan fingerprint density at radius 2 is 1.69 bits per heavy atom. The Labute approximate surface area is 186 Å². The van der Waals surface area contributed by atoms with Crippen LogP contribution in [0.15, 0.2) is 59.4 Å². The van der Waals surface area contributed by atoms with E-state index in [1.807, 2.05) is 82.3 Å². The van der Waals surface area contributed by atoms with Gasteiger partial charge < -0.3 is 5.32 Å². The van der Waals surface area contributed by atoms with Gasteiger partial charge in [0.1, 0.15) is 11.6 Å². The molecular formula is C25H27N5O2. The van der Waals surface area contributed by atoms with E-state index >= 15 is 0 Å². The van der Waals surface area contributed by atoms with E-state index in [-0.39, 0.29) is 11.5 Å². The predicted molar refractivity (Wildman–Crippen MR) is 126 cm³/mol. The molecule has 2 heterocycles. The molecule has 4 aromatic rings. The summed E-state index contributed by atoms with van der Waals surface area (Å²) in [6.45, 7) is 7.60. The Kier molecular flexibility index (Phi) is 5.90. The number of nitrogens with zero attached hydrogens (tertiary/aromatic N) is 4. The molecule has 0 saturated heterocycles. The molecule has 0 bridgehead atoms. The topological polar surface area (TPSA) is 81.8 Å². The van der Waals surface area contributed by atoms with Crippen LogP contribution in [0, 0.1) is 13.8 Å². The lowest BCUT2D eigenvalue weighted by Gasteiger charge is -2.18. The highest BCUT2D eigenvalue weighted by Crippen LogP contribution is 2.22. The van der Waals surface area contributed by atoms with Crippen LogP contribution < -0.4 is 10.9 Å². The molecule has 2 aromatic heterocycles. The van der Waals surface area contributed by atoms with E-state index < -0.39 is 6.04 Å². The summed E-state index contributed by atoms with van der Waals surface area (Å²) in [5.41, 5.74) is 4.25. The number of rotatable bonds is 6. The van der Waals surface area contributed by atoms with Crippen molar-refractivity contribution in [2.24, 2.45) is 0 Å². The monoisotopic (exact) mass is 429 g/mol. The van der Waals surface area contributed by atoms with Crippen LogP contribution >= 0.6 is 0 Å². The number of carbonyl (C=O) groups is 1. The summed E-state index contributed by atoms with van der Waals surface area (Å²) in [6.07, 6.45) is 1.23. The number of nitrogens with one attached hydrogen (secondary N) is 1. The molecule has 0 radical (unpaired) electrons. The van der Waals surface area contributed by atoms with Crippen molar-refractivity contribution in [3.05, 3.63) is 81.9 Å². The first-order chi connectivity index (χ1) is 15.5. The van der Waals surface area contributed by atoms with E-state index in [1.54, 1.807) is 4.68 Å². The van der Waals surface area contributed by atoms with E-state index in [0.29, 0.717) is 23.0 Å². The van der Waals surface area contributed by atoms with E-state index in [9.17, 15) is 9.59 Å². The average Bonchev–Trinajstić information content (AvgIpc) is 3.16. The number of carbonyl (C=O) groups excluding carboxylic acids is 1. The van der Waals surface area contributed by atoms with Gasteiger partial charge in [0.15, 0.2) is 0 Å². The van der Waals surface area contributed by atoms with Gasteiger partial charge in [-0.05, 0) is 50.5 Å². The quantitative estimate of drug-likeness (QED) is 0.494. The lowest BCUT2D eigenvalue weighted by atomic mass is 10.1. The number of aryl methyl sites for hydroxylation is 3. The van der Waals surface area contributed by atoms with Gasteiger partial charge in [0.05, 0.1) is 22.5 Å². The molecule has 1 atom stereocenters. The zero-order valence-electron chi connectivity index (χ0n) is 18.8. The lowest BCUT2D eigenvalue weighted by Crippen LogP contribution is -2.35. The van der Waals surface area contributed by atoms with Crippen molar-refractivity contribution in [1.29, 1.82) is 0 Å². The fourth-order valence-corrected chi connectivity index (χ4v) is 4.05. The fraction of sp³-hybridized carbons (Fsp3) is 0.280. The predicted octanol–water partition coefficient (Wildman–Crippen LogP) is 4.35. The average molecular weight is 430 g/mol. The molecule has 1 amide bonds. The molecule has 7 heteroatoms. The van der Waals surface area contributed by atoms with Crippen molar-refractivity contribution in [2.45, 2.75) is 46.6 Å². The second-order valence-electron chi connectivity index (χ2n) is 7.82. The zero-order chi connectivity index (χ0) is 22.8. The number of benzene rings is 2. The molecule has 4 rings (SSSR count). The molecular weight excluding hydrogens is 402 g/mol. The van der Waals surface area contributed by atoms with Crippen molar-refractivity contribution < 1.29 is 4.79 Å². The molecule has 0 spiro atoms. The number of anilines is 1. The minimum absolute atomic E-state index is 0.255. The van der Waals surface area contributed by atoms with Gasteiger partial charge in [-0.15, -0.1) is 0 Å². The van der Waals surface area contributed by atoms with Crippen LogP contribution in [0.2, 0.25) is 0 Å². The summed E-state index contributed by atoms with van der Waals surface area (Å²) < 4.78 is 3.06. The van der Waals surface area contributed by atoms with Crippen LogP contribution in [0.3, 0.4) is 0 Å². The number of para-hydroxylation sites is 2. The number of fused-ring (bicyclic) bond motifs is 1. The van der Waals surface area contributed by atoms with Gasteiger partial charge in [-0.2, -0.15) is 10.2 Å². The maximum atomic E-state index is 13.5. The third-order valence-electron chi connectivity index (χ3n) is 5.78. The van der Waals surface area contributed by atoms with Crippen molar-refractivity contribution in [1.82, 2.24) is 19.6 Å². The summed E-state index contributed by atoms with van der Waals surface area (Å²) in [5, 5.41) is 12.6. The standard InChI is InChI=1S/C25H27N5O2/c1-5-18-12-10-11-15-20(18)26-24(31)21(6-2)30-25(32)22-17(4)29(19-13-8-7-9-14-19)28-23(22)16(3)27-30/h7-15,21H,5-6H2,1-4H3,(H,26,31)/t21-/m1/s1. The van der Waals surface area contributed by atoms with E-state index in [2.05, 4.69) is 15.5 Å². The van der Waals surface area contributed by atoms with E-state index in [4.69, 9.17) is 0 Å². The van der Waals surface area contributed by atoms with Crippen molar-refractivity contribution in [3.8, 4) is 5.69 Å². The fourth-order valence-electron chi connectivity index (χ4n) is 4.05. The lowest BCUT2D eigenvalue weighted by molar-refractivity contribution is -0.119. The van der Waals surface area contributed by atoms with Crippen LogP contribution in [0.5, 0.6) is 0 Å². The first kappa shape index (κ1) is 21.5. The van der Waals surface area contributed by atoms with Crippen LogP contribution in [-0.4, -0.2) is 25.5 Å². The van der Waals surface area contributed by atoms with Gasteiger partial charge in [-0.3, -0.25) is 9.59 Å². The van der Waals surface area contributed by atoms with Crippen LogP contribution in [0.4, 0.5) is 5.69 Å². The van der Waals surface area contributed by atoms with Crippen molar-refractivity contribution >= 4 is 22.5 Å². The van der Waals surface area contributed by atoms with Crippen molar-refractivity contribution in [3.63, 3.8) is 0 Å². The third-order valence-corrected chi connectivity index (χ3v) is 5.78. The van der Waals surface area contributed by atoms with Crippen LogP contribution in [0.25, 0.3) is 16.6 Å². The van der Waals surface area contributed by atoms with Gasteiger partial charge in [0.25, 0.3) is 5.56 Å². The number of aromatic nitrogens is 4. The van der Waals surface area contributed by atoms with Gasteiger partial charge in [-0.25, -0.2) is 9.36 Å². The second-order valence-corrected chi connectivity index (χ2v) is 7.82. The molecule has 2 aromatic carbocycles. The first-order valence-electron chi connectivity index (χ1n) is 10.9. The third kappa shape index (κ3) is 3.70. The highest BCUT2D eigenvalue weighted by molar-refractivity contribution is 5.94. The Bertz CT molecular complexity index is 1340. The molecule has 1 N–H and O–H groups in total. The summed E-state index contributed by atoms with van der Waals surface area (Å²) in [4.78, 5) is 26.7. The van der Waals surface area contributed by atoms with E-state index in [0.717, 1.165) is 29.1 Å². The molecule has 32 heavy (non-hydrogen) atoms. The molecule has 0 aliphatic carbocycles. The molecule has 0 saturated carbocycles. The largest absolute Gasteiger partial charge is 0.324 e. The molecule has 0 fully saturated rings. The Hall–Kier alpha value is -3.74. The second kappa shape index (κ2) is 8.78. The van der Waals surface area contributed by atoms with Gasteiger partial charge >= 0.3 is 0 Å². The Morgan fingerprint density at radius 1 is 1.00 bits per heavy atom. The summed E-state index contributed by atoms with van der Waals surface area (Å²) >= 11 is 0. The van der Waals surface area contributed by atoms with Crippen LogP contribution in [0.1, 0.15) is 43.3 Å². The number of amides is 1. The zero-order valence-corrected chi connectivity index (χ0v) is 18.8. The molecule has 0 unspecified atom stereocenters. The molecule has 0 aliphatic heterocycles. The Morgan fingerprint density at radius 3 is 2.38 bits per heavy atom. The molecule has 7 nitrogen and oxygen atoms in total. The normalized spacial score (nSPS) is 12.1. The first-order valence-corrected chi connectivity index (χ1v) is 10.9. The number of hydrogen-bond donors (Lipinski definition) is 1. The SMILES string of the molecule is CCc1ccccc1NC(=O)[C@@H](CC)n1nc(C)c2nn(-c3ccccc3)c(C)c2c1=O. The van der Waals surface area contributed by atoms with Crippen molar-refractivity contribution in [2.75, 3.05) is 5.32 Å². The van der Waals surface area contributed by atoms with E-state index in [1.165, 1.54) is 4.68 Å². The summed E-state index contributed by atoms with van der Waals surface area (Å²) in [5.74, 6) is -0.255. The summed E-state index contributed by atoms with van der Waals surface area (Å²) in [7, 11) is 0. The van der Waals surface area contributed by atoms with Gasteiger partial charge in [-0.1, -0.05) is 50.2 Å². The minimum atomic E-state index is -0.727. The van der Waals surface area contributed by atoms with Gasteiger partial charge in [0, 0.05) is 5.69 Å². The highest BCUT2D eigenvalue weighted by Gasteiger charge is 2.25. The maximum Gasteiger partial charge on any atom is 0.278 e. The smallest absolute Gasteiger partial charge is 0.278 e. The molecule has 0 aliphatic rings. The summed E-state index contributed by atoms with van der Waals surface area (Å²) in [6, 6.07) is 16.6. The highest BCUT2D eigenvalue weighted by atomic mass is 16.2. The Balaban J connectivity index is 1.79. The minimum Gasteiger partial charge on any atom is -0.324 e.